The molecule has 1 aliphatic heterocycles. The van der Waals surface area contributed by atoms with Crippen LogP contribution in [0.15, 0.2) is 47.0 Å². The van der Waals surface area contributed by atoms with Gasteiger partial charge in [-0.15, -0.1) is 0 Å². The zero-order valence-electron chi connectivity index (χ0n) is 13.7. The number of carbonyl (C=O) groups is 1. The Morgan fingerprint density at radius 2 is 2.00 bits per heavy atom. The highest BCUT2D eigenvalue weighted by molar-refractivity contribution is 6.29. The second-order valence-electron chi connectivity index (χ2n) is 5.64. The topological polar surface area (TPSA) is 108 Å². The molecule has 1 aliphatic rings. The van der Waals surface area contributed by atoms with Crippen molar-refractivity contribution in [3.05, 3.63) is 58.1 Å². The third kappa shape index (κ3) is 4.35. The third-order valence-corrected chi connectivity index (χ3v) is 4.10. The van der Waals surface area contributed by atoms with Gasteiger partial charge in [-0.3, -0.25) is 0 Å². The Morgan fingerprint density at radius 3 is 2.54 bits per heavy atom. The van der Waals surface area contributed by atoms with E-state index in [0.717, 1.165) is 25.1 Å². The Hall–Kier alpha value is -2.34. The lowest BCUT2D eigenvalue weighted by Gasteiger charge is -2.21. The molecule has 7 heteroatoms. The molecule has 0 radical (unpaired) electrons. The number of esters is 1. The zero-order valence-corrected chi connectivity index (χ0v) is 14.4. The Bertz CT molecular complexity index is 647. The molecular weight excluding hydrogens is 328 g/mol. The van der Waals surface area contributed by atoms with Gasteiger partial charge >= 0.3 is 5.97 Å². The van der Waals surface area contributed by atoms with Crippen LogP contribution in [0.2, 0.25) is 0 Å². The molecular formula is C17H23ClN4O2. The molecule has 0 bridgehead atoms. The van der Waals surface area contributed by atoms with Crippen LogP contribution in [0.25, 0.3) is 0 Å². The summed E-state index contributed by atoms with van der Waals surface area (Å²) >= 11 is 5.74. The fraction of sp³-hybridized carbons (Fsp3) is 0.353. The van der Waals surface area contributed by atoms with Crippen LogP contribution >= 0.6 is 11.6 Å². The molecule has 24 heavy (non-hydrogen) atoms. The van der Waals surface area contributed by atoms with Gasteiger partial charge in [0.1, 0.15) is 11.0 Å². The van der Waals surface area contributed by atoms with Gasteiger partial charge in [-0.25, -0.2) is 4.79 Å². The summed E-state index contributed by atoms with van der Waals surface area (Å²) in [7, 11) is 0. The number of halogens is 1. The van der Waals surface area contributed by atoms with Gasteiger partial charge in [0.15, 0.2) is 0 Å². The van der Waals surface area contributed by atoms with Gasteiger partial charge in [-0.05, 0) is 37.1 Å². The van der Waals surface area contributed by atoms with Crippen LogP contribution in [0.3, 0.4) is 0 Å². The third-order valence-electron chi connectivity index (χ3n) is 3.99. The molecule has 1 aromatic rings. The number of carbonyl (C=O) groups excluding carboxylic acids is 1. The van der Waals surface area contributed by atoms with Crippen molar-refractivity contribution in [3.63, 3.8) is 0 Å². The van der Waals surface area contributed by atoms with Crippen molar-refractivity contribution in [1.82, 2.24) is 4.90 Å². The van der Waals surface area contributed by atoms with E-state index in [1.807, 2.05) is 12.1 Å². The highest BCUT2D eigenvalue weighted by atomic mass is 35.5. The van der Waals surface area contributed by atoms with Crippen molar-refractivity contribution in [1.29, 1.82) is 0 Å². The van der Waals surface area contributed by atoms with E-state index < -0.39 is 0 Å². The van der Waals surface area contributed by atoms with Crippen LogP contribution in [0.4, 0.5) is 0 Å². The lowest BCUT2D eigenvalue weighted by Crippen LogP contribution is -2.26. The molecule has 1 unspecified atom stereocenters. The van der Waals surface area contributed by atoms with Gasteiger partial charge < -0.3 is 26.8 Å². The highest BCUT2D eigenvalue weighted by Gasteiger charge is 2.26. The highest BCUT2D eigenvalue weighted by Crippen LogP contribution is 2.30. The molecule has 0 saturated carbocycles. The summed E-state index contributed by atoms with van der Waals surface area (Å²) in [5.41, 5.74) is 19.4. The van der Waals surface area contributed by atoms with Crippen LogP contribution in [-0.4, -0.2) is 30.6 Å². The molecule has 1 heterocycles. The van der Waals surface area contributed by atoms with Crippen LogP contribution < -0.4 is 17.2 Å². The molecule has 1 aromatic carbocycles. The number of hydrogen-bond acceptors (Lipinski definition) is 6. The van der Waals surface area contributed by atoms with E-state index in [9.17, 15) is 4.79 Å². The molecule has 1 fully saturated rings. The van der Waals surface area contributed by atoms with Crippen LogP contribution in [-0.2, 0) is 4.74 Å². The Balaban J connectivity index is 2.09. The molecule has 0 aromatic heterocycles. The van der Waals surface area contributed by atoms with Crippen molar-refractivity contribution in [2.75, 3.05) is 19.7 Å². The minimum absolute atomic E-state index is 0.139. The maximum Gasteiger partial charge on any atom is 0.338 e. The van der Waals surface area contributed by atoms with Gasteiger partial charge in [0.05, 0.1) is 17.9 Å². The Kier molecular flexibility index (Phi) is 5.98. The maximum atomic E-state index is 11.7. The second-order valence-corrected chi connectivity index (χ2v) is 6.08. The summed E-state index contributed by atoms with van der Waals surface area (Å²) in [6.45, 7) is 3.71. The summed E-state index contributed by atoms with van der Waals surface area (Å²) in [5.74, 6) is 0.207. The van der Waals surface area contributed by atoms with Crippen LogP contribution in [0.5, 0.6) is 0 Å². The van der Waals surface area contributed by atoms with Gasteiger partial charge in [0.25, 0.3) is 0 Å². The lowest BCUT2D eigenvalue weighted by atomic mass is 9.97. The van der Waals surface area contributed by atoms with E-state index in [2.05, 4.69) is 4.90 Å². The van der Waals surface area contributed by atoms with Gasteiger partial charge in [0.2, 0.25) is 0 Å². The molecule has 0 aliphatic carbocycles. The normalized spacial score (nSPS) is 17.7. The molecule has 0 amide bonds. The molecule has 1 saturated heterocycles. The van der Waals surface area contributed by atoms with Gasteiger partial charge in [-0.2, -0.15) is 0 Å². The summed E-state index contributed by atoms with van der Waals surface area (Å²) < 4.78 is 4.99. The first kappa shape index (κ1) is 18.0. The zero-order chi connectivity index (χ0) is 17.7. The number of rotatable bonds is 5. The number of hydrogen-bond donors (Lipinski definition) is 3. The predicted octanol–water partition coefficient (Wildman–Crippen LogP) is 1.78. The molecule has 0 spiro atoms. The number of benzene rings is 1. The van der Waals surface area contributed by atoms with E-state index >= 15 is 0 Å². The van der Waals surface area contributed by atoms with Crippen molar-refractivity contribution < 1.29 is 9.53 Å². The SMILES string of the molecule is CCOC(=O)c1ccc(C2CCN(C(/C=C(\N)Cl)=C(N)N)C2)cc1. The first-order valence-electron chi connectivity index (χ1n) is 7.82. The predicted molar refractivity (Wildman–Crippen MR) is 94.9 cm³/mol. The van der Waals surface area contributed by atoms with Gasteiger partial charge in [0, 0.05) is 19.0 Å². The Morgan fingerprint density at radius 1 is 1.33 bits per heavy atom. The lowest BCUT2D eigenvalue weighted by molar-refractivity contribution is 0.0526. The standard InChI is InChI=1S/C17H23ClN4O2/c1-2-24-17(23)12-5-3-11(4-6-12)13-7-8-22(10-13)14(16(20)21)9-15(18)19/h3-6,9,13H,2,7-8,10,19-21H2,1H3/b15-9-. The van der Waals surface area contributed by atoms with Crippen molar-refractivity contribution >= 4 is 17.6 Å². The van der Waals surface area contributed by atoms with Crippen molar-refractivity contribution in [2.45, 2.75) is 19.3 Å². The summed E-state index contributed by atoms with van der Waals surface area (Å²) in [4.78, 5) is 13.8. The minimum atomic E-state index is -0.305. The smallest absolute Gasteiger partial charge is 0.338 e. The molecule has 1 atom stereocenters. The number of nitrogens with zero attached hydrogens (tertiary/aromatic N) is 1. The summed E-state index contributed by atoms with van der Waals surface area (Å²) in [6.07, 6.45) is 2.52. The molecule has 6 N–H and O–H groups in total. The van der Waals surface area contributed by atoms with Gasteiger partial charge in [-0.1, -0.05) is 23.7 Å². The van der Waals surface area contributed by atoms with E-state index in [4.69, 9.17) is 33.5 Å². The average molecular weight is 351 g/mol. The monoisotopic (exact) mass is 350 g/mol. The summed E-state index contributed by atoms with van der Waals surface area (Å²) in [5, 5.41) is 0.139. The first-order chi connectivity index (χ1) is 11.4. The fourth-order valence-electron chi connectivity index (χ4n) is 2.84. The number of ether oxygens (including phenoxy) is 1. The number of likely N-dealkylation sites (tertiary alicyclic amines) is 1. The average Bonchev–Trinajstić information content (AvgIpc) is 3.02. The minimum Gasteiger partial charge on any atom is -0.462 e. The van der Waals surface area contributed by atoms with E-state index in [-0.39, 0.29) is 16.9 Å². The van der Waals surface area contributed by atoms with E-state index in [0.29, 0.717) is 23.8 Å². The molecule has 130 valence electrons. The van der Waals surface area contributed by atoms with Crippen molar-refractivity contribution in [2.24, 2.45) is 17.2 Å². The van der Waals surface area contributed by atoms with Crippen molar-refractivity contribution in [3.8, 4) is 0 Å². The molecule has 2 rings (SSSR count). The fourth-order valence-corrected chi connectivity index (χ4v) is 2.95. The van der Waals surface area contributed by atoms with Crippen LogP contribution in [0, 0.1) is 0 Å². The second kappa shape index (κ2) is 7.97. The quantitative estimate of drug-likeness (QED) is 0.424. The maximum absolute atomic E-state index is 11.7. The number of nitrogens with two attached hydrogens (primary N) is 3. The van der Waals surface area contributed by atoms with E-state index in [1.165, 1.54) is 0 Å². The van der Waals surface area contributed by atoms with Crippen LogP contribution in [0.1, 0.15) is 35.2 Å². The first-order valence-corrected chi connectivity index (χ1v) is 8.20. The number of allylic oxidation sites excluding steroid dienone is 1. The molecule has 6 nitrogen and oxygen atoms in total. The largest absolute Gasteiger partial charge is 0.462 e. The Labute approximate surface area is 146 Å². The summed E-state index contributed by atoms with van der Waals surface area (Å²) in [6, 6.07) is 7.50. The van der Waals surface area contributed by atoms with E-state index in [1.54, 1.807) is 25.1 Å².